The Morgan fingerprint density at radius 3 is 2.79 bits per heavy atom. The van der Waals surface area contributed by atoms with E-state index in [1.807, 2.05) is 13.8 Å². The summed E-state index contributed by atoms with van der Waals surface area (Å²) in [5, 5.41) is 16.2. The van der Waals surface area contributed by atoms with Crippen LogP contribution in [0, 0.1) is 16.0 Å². The van der Waals surface area contributed by atoms with Crippen molar-refractivity contribution in [1.29, 1.82) is 0 Å². The number of nitrogens with zero attached hydrogens (tertiary/aromatic N) is 2. The minimum Gasteiger partial charge on any atom is -0.355 e. The number of nitro groups is 1. The average molecular weight is 287 g/mol. The summed E-state index contributed by atoms with van der Waals surface area (Å²) in [5.74, 6) is 0.0598. The maximum absolute atomic E-state index is 11.5. The molecule has 1 aromatic heterocycles. The highest BCUT2D eigenvalue weighted by Crippen LogP contribution is 2.23. The summed E-state index contributed by atoms with van der Waals surface area (Å²) in [7, 11) is 0. The summed E-state index contributed by atoms with van der Waals surface area (Å²) in [5.41, 5.74) is -0.221. The molecule has 0 saturated heterocycles. The van der Waals surface area contributed by atoms with Crippen LogP contribution in [0.2, 0.25) is 5.15 Å². The molecule has 0 unspecified atom stereocenters. The molecule has 0 spiro atoms. The molecule has 7 nitrogen and oxygen atoms in total. The van der Waals surface area contributed by atoms with E-state index in [1.54, 1.807) is 0 Å². The lowest BCUT2D eigenvalue weighted by molar-refractivity contribution is -0.384. The number of halogens is 1. The van der Waals surface area contributed by atoms with E-state index in [0.717, 1.165) is 0 Å². The molecule has 0 saturated carbocycles. The third-order valence-corrected chi connectivity index (χ3v) is 2.37. The molecular weight excluding hydrogens is 272 g/mol. The smallest absolute Gasteiger partial charge is 0.311 e. The summed E-state index contributed by atoms with van der Waals surface area (Å²) in [6, 6.07) is 2.56. The minimum atomic E-state index is -0.586. The fourth-order valence-electron chi connectivity index (χ4n) is 1.25. The van der Waals surface area contributed by atoms with Gasteiger partial charge in [0.25, 0.3) is 0 Å². The highest BCUT2D eigenvalue weighted by Gasteiger charge is 2.16. The van der Waals surface area contributed by atoms with Crippen LogP contribution < -0.4 is 10.6 Å². The Morgan fingerprint density at radius 1 is 1.53 bits per heavy atom. The van der Waals surface area contributed by atoms with Gasteiger partial charge in [0.2, 0.25) is 11.7 Å². The number of amides is 1. The SMILES string of the molecule is CC(C)CNC(=O)CNc1nc(Cl)ccc1[N+](=O)[O-]. The van der Waals surface area contributed by atoms with E-state index in [1.165, 1.54) is 12.1 Å². The molecule has 0 aromatic carbocycles. The van der Waals surface area contributed by atoms with Crippen LogP contribution in [0.1, 0.15) is 13.8 Å². The first-order valence-corrected chi connectivity index (χ1v) is 6.09. The molecule has 1 heterocycles. The van der Waals surface area contributed by atoms with Gasteiger partial charge in [-0.1, -0.05) is 25.4 Å². The van der Waals surface area contributed by atoms with Gasteiger partial charge in [0.05, 0.1) is 11.5 Å². The molecule has 2 N–H and O–H groups in total. The Labute approximate surface area is 115 Å². The number of rotatable bonds is 6. The van der Waals surface area contributed by atoms with Crippen LogP contribution in [-0.2, 0) is 4.79 Å². The number of pyridine rings is 1. The largest absolute Gasteiger partial charge is 0.355 e. The third-order valence-electron chi connectivity index (χ3n) is 2.16. The van der Waals surface area contributed by atoms with Gasteiger partial charge >= 0.3 is 5.69 Å². The van der Waals surface area contributed by atoms with Gasteiger partial charge in [-0.3, -0.25) is 14.9 Å². The summed E-state index contributed by atoms with van der Waals surface area (Å²) in [6.45, 7) is 4.39. The molecule has 0 aliphatic heterocycles. The van der Waals surface area contributed by atoms with Crippen LogP contribution in [0.3, 0.4) is 0 Å². The highest BCUT2D eigenvalue weighted by molar-refractivity contribution is 6.29. The van der Waals surface area contributed by atoms with Gasteiger partial charge in [-0.2, -0.15) is 0 Å². The maximum Gasteiger partial charge on any atom is 0.311 e. The van der Waals surface area contributed by atoms with Gasteiger partial charge in [0.1, 0.15) is 5.15 Å². The second-order valence-electron chi connectivity index (χ2n) is 4.31. The number of anilines is 1. The molecule has 104 valence electrons. The van der Waals surface area contributed by atoms with Crippen LogP contribution in [0.25, 0.3) is 0 Å². The number of hydrogen-bond donors (Lipinski definition) is 2. The maximum atomic E-state index is 11.5. The number of nitrogens with one attached hydrogen (secondary N) is 2. The van der Waals surface area contributed by atoms with Gasteiger partial charge in [0, 0.05) is 12.6 Å². The van der Waals surface area contributed by atoms with Gasteiger partial charge in [-0.05, 0) is 12.0 Å². The van der Waals surface area contributed by atoms with E-state index in [4.69, 9.17) is 11.6 Å². The lowest BCUT2D eigenvalue weighted by Gasteiger charge is -2.09. The number of hydrogen-bond acceptors (Lipinski definition) is 5. The monoisotopic (exact) mass is 286 g/mol. The Hall–Kier alpha value is -1.89. The molecule has 1 aromatic rings. The molecular formula is C11H15ClN4O3. The second kappa shape index (κ2) is 6.89. The third kappa shape index (κ3) is 5.09. The van der Waals surface area contributed by atoms with Crippen molar-refractivity contribution in [2.45, 2.75) is 13.8 Å². The lowest BCUT2D eigenvalue weighted by Crippen LogP contribution is -2.32. The van der Waals surface area contributed by atoms with Crippen molar-refractivity contribution in [3.05, 3.63) is 27.4 Å². The van der Waals surface area contributed by atoms with Crippen molar-refractivity contribution in [3.8, 4) is 0 Å². The first kappa shape index (κ1) is 15.2. The zero-order valence-corrected chi connectivity index (χ0v) is 11.4. The lowest BCUT2D eigenvalue weighted by atomic mass is 10.2. The Kier molecular flexibility index (Phi) is 5.50. The summed E-state index contributed by atoms with van der Waals surface area (Å²) in [4.78, 5) is 25.5. The van der Waals surface area contributed by atoms with Crippen LogP contribution in [0.15, 0.2) is 12.1 Å². The van der Waals surface area contributed by atoms with E-state index in [0.29, 0.717) is 12.5 Å². The van der Waals surface area contributed by atoms with Gasteiger partial charge < -0.3 is 10.6 Å². The molecule has 0 atom stereocenters. The van der Waals surface area contributed by atoms with Gasteiger partial charge in [0.15, 0.2) is 0 Å². The standard InChI is InChI=1S/C11H15ClN4O3/c1-7(2)5-13-10(17)6-14-11-8(16(18)19)3-4-9(12)15-11/h3-4,7H,5-6H2,1-2H3,(H,13,17)(H,14,15). The molecule has 8 heteroatoms. The minimum absolute atomic E-state index is 0.0165. The normalized spacial score (nSPS) is 10.3. The Balaban J connectivity index is 2.64. The van der Waals surface area contributed by atoms with E-state index in [-0.39, 0.29) is 29.1 Å². The van der Waals surface area contributed by atoms with Crippen LogP contribution in [0.4, 0.5) is 11.5 Å². The van der Waals surface area contributed by atoms with E-state index < -0.39 is 4.92 Å². The van der Waals surface area contributed by atoms with E-state index in [2.05, 4.69) is 15.6 Å². The number of carbonyl (C=O) groups excluding carboxylic acids is 1. The molecule has 0 fully saturated rings. The molecule has 0 bridgehead atoms. The van der Waals surface area contributed by atoms with Crippen molar-refractivity contribution in [2.24, 2.45) is 5.92 Å². The van der Waals surface area contributed by atoms with Crippen molar-refractivity contribution >= 4 is 29.0 Å². The Morgan fingerprint density at radius 2 is 2.21 bits per heavy atom. The zero-order chi connectivity index (χ0) is 14.4. The van der Waals surface area contributed by atoms with Crippen LogP contribution in [0.5, 0.6) is 0 Å². The topological polar surface area (TPSA) is 97.2 Å². The molecule has 0 aliphatic rings. The Bertz CT molecular complexity index is 479. The summed E-state index contributed by atoms with van der Waals surface area (Å²) < 4.78 is 0. The van der Waals surface area contributed by atoms with Crippen molar-refractivity contribution in [1.82, 2.24) is 10.3 Å². The molecule has 0 aliphatic carbocycles. The van der Waals surface area contributed by atoms with Crippen molar-refractivity contribution in [2.75, 3.05) is 18.4 Å². The quantitative estimate of drug-likeness (QED) is 0.472. The van der Waals surface area contributed by atoms with Crippen molar-refractivity contribution in [3.63, 3.8) is 0 Å². The first-order chi connectivity index (χ1) is 8.90. The van der Waals surface area contributed by atoms with E-state index >= 15 is 0 Å². The zero-order valence-electron chi connectivity index (χ0n) is 10.6. The van der Waals surface area contributed by atoms with Crippen LogP contribution in [-0.4, -0.2) is 28.9 Å². The van der Waals surface area contributed by atoms with Crippen molar-refractivity contribution < 1.29 is 9.72 Å². The van der Waals surface area contributed by atoms with E-state index in [9.17, 15) is 14.9 Å². The fourth-order valence-corrected chi connectivity index (χ4v) is 1.40. The molecule has 19 heavy (non-hydrogen) atoms. The average Bonchev–Trinajstić information content (AvgIpc) is 2.33. The van der Waals surface area contributed by atoms with Gasteiger partial charge in [-0.25, -0.2) is 4.98 Å². The number of aromatic nitrogens is 1. The fraction of sp³-hybridized carbons (Fsp3) is 0.455. The molecule has 1 rings (SSSR count). The van der Waals surface area contributed by atoms with Crippen LogP contribution >= 0.6 is 11.6 Å². The summed E-state index contributed by atoms with van der Waals surface area (Å²) >= 11 is 5.67. The second-order valence-corrected chi connectivity index (χ2v) is 4.70. The van der Waals surface area contributed by atoms with Gasteiger partial charge in [-0.15, -0.1) is 0 Å². The molecule has 0 radical (unpaired) electrons. The number of carbonyl (C=O) groups is 1. The predicted molar refractivity (Wildman–Crippen MR) is 72.2 cm³/mol. The predicted octanol–water partition coefficient (Wildman–Crippen LogP) is 1.83. The molecule has 1 amide bonds. The first-order valence-electron chi connectivity index (χ1n) is 5.71. The highest BCUT2D eigenvalue weighted by atomic mass is 35.5. The summed E-state index contributed by atoms with van der Waals surface area (Å²) in [6.07, 6.45) is 0.